The molecular weight excluding hydrogens is 693 g/mol. The Morgan fingerprint density at radius 2 is 0.909 bits per heavy atom. The molecule has 0 N–H and O–H groups in total. The van der Waals surface area contributed by atoms with E-state index in [1.165, 1.54) is 102 Å². The molecule has 6 aliphatic rings. The van der Waals surface area contributed by atoms with E-state index in [0.717, 1.165) is 102 Å². The standard InChI is InChI=1S/C50H78F4O/c1-3-5-7-11-17-39-19-23-43(24-20-39)47(29-13-9-14-30-47)49(53)33-27-41(45(51)35-49)37-55-38-42-28-34-50(54,36-46(42)52)48(31-15-10-16-32-48)44-25-21-40(22-26-44)18-12-8-6-4-2/h27-28,33-36,39-44H,3-26,29-32,37-38H2,1-2H3/t39-,40-,41-,42-,43-,44-,49+,50+/m0/s1. The Bertz CT molecular complexity index is 1190. The predicted octanol–water partition coefficient (Wildman–Crippen LogP) is 16.0. The molecule has 0 aromatic carbocycles. The van der Waals surface area contributed by atoms with Gasteiger partial charge in [-0.2, -0.15) is 0 Å². The SMILES string of the molecule is CCCCCC[C@H]1CC[C@H](C2([C@@]3(F)C=C[C@@H](COC[C@@H]4C=C[C@](F)(C5([C@H]6CC[C@H](CCCCCC)CC6)CCCCC5)C=C4F)C(F)=C3)CCCCC2)CC1. The zero-order valence-corrected chi connectivity index (χ0v) is 35.1. The summed E-state index contributed by atoms with van der Waals surface area (Å²) in [6.07, 6.45) is 40.7. The second-order valence-corrected chi connectivity index (χ2v) is 19.6. The lowest BCUT2D eigenvalue weighted by Gasteiger charge is -2.53. The van der Waals surface area contributed by atoms with E-state index in [4.69, 9.17) is 4.74 Å². The lowest BCUT2D eigenvalue weighted by molar-refractivity contribution is -0.0445. The van der Waals surface area contributed by atoms with Crippen molar-refractivity contribution >= 4 is 0 Å². The van der Waals surface area contributed by atoms with Gasteiger partial charge in [0.25, 0.3) is 0 Å². The van der Waals surface area contributed by atoms with Crippen LogP contribution in [0.5, 0.6) is 0 Å². The summed E-state index contributed by atoms with van der Waals surface area (Å²) in [4.78, 5) is 0. The smallest absolute Gasteiger partial charge is 0.155 e. The third-order valence-electron chi connectivity index (χ3n) is 16.3. The first kappa shape index (κ1) is 43.2. The van der Waals surface area contributed by atoms with Crippen LogP contribution in [0.4, 0.5) is 17.6 Å². The Morgan fingerprint density at radius 1 is 0.527 bits per heavy atom. The van der Waals surface area contributed by atoms with Gasteiger partial charge in [-0.05, 0) is 99.3 Å². The van der Waals surface area contributed by atoms with Crippen LogP contribution in [-0.4, -0.2) is 24.6 Å². The molecule has 312 valence electrons. The van der Waals surface area contributed by atoms with Gasteiger partial charge in [0.1, 0.15) is 11.7 Å². The Kier molecular flexibility index (Phi) is 15.8. The quantitative estimate of drug-likeness (QED) is 0.0766. The molecule has 4 atom stereocenters. The van der Waals surface area contributed by atoms with Crippen LogP contribution in [0.3, 0.4) is 0 Å². The first-order valence-electron chi connectivity index (χ1n) is 23.8. The molecule has 5 heteroatoms. The van der Waals surface area contributed by atoms with Gasteiger partial charge >= 0.3 is 0 Å². The molecule has 0 saturated heterocycles. The van der Waals surface area contributed by atoms with Gasteiger partial charge in [0.2, 0.25) is 0 Å². The molecule has 0 aromatic rings. The Morgan fingerprint density at radius 3 is 1.25 bits per heavy atom. The molecule has 55 heavy (non-hydrogen) atoms. The molecule has 0 amide bonds. The highest BCUT2D eigenvalue weighted by Crippen LogP contribution is 2.60. The Hall–Kier alpha value is -1.36. The van der Waals surface area contributed by atoms with Crippen LogP contribution in [0.2, 0.25) is 0 Å². The molecule has 4 saturated carbocycles. The number of allylic oxidation sites excluding steroid dienone is 4. The highest BCUT2D eigenvalue weighted by molar-refractivity contribution is 5.33. The fraction of sp³-hybridized carbons (Fsp3) is 0.840. The number of rotatable bonds is 18. The molecule has 4 fully saturated rings. The molecule has 0 bridgehead atoms. The maximum atomic E-state index is 17.3. The van der Waals surface area contributed by atoms with Gasteiger partial charge in [0, 0.05) is 10.8 Å². The minimum absolute atomic E-state index is 0.0229. The first-order valence-corrected chi connectivity index (χ1v) is 23.8. The second-order valence-electron chi connectivity index (χ2n) is 19.6. The fourth-order valence-corrected chi connectivity index (χ4v) is 12.9. The maximum absolute atomic E-state index is 17.3. The van der Waals surface area contributed by atoms with Crippen molar-refractivity contribution < 1.29 is 22.3 Å². The van der Waals surface area contributed by atoms with E-state index < -0.39 is 45.7 Å². The van der Waals surface area contributed by atoms with Gasteiger partial charge in [0.05, 0.1) is 25.0 Å². The number of ether oxygens (including phenoxy) is 1. The summed E-state index contributed by atoms with van der Waals surface area (Å²) in [6.45, 7) is 4.55. The second kappa shape index (κ2) is 20.1. The average molecular weight is 771 g/mol. The summed E-state index contributed by atoms with van der Waals surface area (Å²) in [5.74, 6) is -0.230. The molecule has 0 aliphatic heterocycles. The maximum Gasteiger partial charge on any atom is 0.155 e. The molecule has 6 aliphatic carbocycles. The monoisotopic (exact) mass is 771 g/mol. The minimum atomic E-state index is -1.79. The first-order chi connectivity index (χ1) is 26.7. The zero-order chi connectivity index (χ0) is 38.8. The Labute approximate surface area is 334 Å². The van der Waals surface area contributed by atoms with Crippen molar-refractivity contribution in [3.63, 3.8) is 0 Å². The van der Waals surface area contributed by atoms with Crippen LogP contribution in [0.25, 0.3) is 0 Å². The van der Waals surface area contributed by atoms with E-state index in [2.05, 4.69) is 13.8 Å². The number of halogens is 4. The number of unbranched alkanes of at least 4 members (excludes halogenated alkanes) is 6. The van der Waals surface area contributed by atoms with E-state index in [1.54, 1.807) is 24.3 Å². The van der Waals surface area contributed by atoms with Crippen LogP contribution in [-0.2, 0) is 4.74 Å². The van der Waals surface area contributed by atoms with Crippen molar-refractivity contribution in [1.82, 2.24) is 0 Å². The van der Waals surface area contributed by atoms with Gasteiger partial charge in [-0.1, -0.05) is 154 Å². The van der Waals surface area contributed by atoms with E-state index in [1.807, 2.05) is 0 Å². The molecule has 0 spiro atoms. The molecule has 6 rings (SSSR count). The van der Waals surface area contributed by atoms with Crippen molar-refractivity contribution in [3.8, 4) is 0 Å². The third-order valence-corrected chi connectivity index (χ3v) is 16.3. The topological polar surface area (TPSA) is 9.23 Å². The van der Waals surface area contributed by atoms with E-state index in [9.17, 15) is 0 Å². The van der Waals surface area contributed by atoms with Gasteiger partial charge in [-0.3, -0.25) is 0 Å². The molecule has 1 nitrogen and oxygen atoms in total. The Balaban J connectivity index is 1.03. The van der Waals surface area contributed by atoms with E-state index in [-0.39, 0.29) is 25.0 Å². The molecule has 0 aromatic heterocycles. The van der Waals surface area contributed by atoms with Crippen molar-refractivity contribution in [1.29, 1.82) is 0 Å². The van der Waals surface area contributed by atoms with Crippen molar-refractivity contribution in [2.24, 2.45) is 46.3 Å². The number of hydrogen-bond donors (Lipinski definition) is 0. The van der Waals surface area contributed by atoms with Gasteiger partial charge < -0.3 is 4.74 Å². The van der Waals surface area contributed by atoms with Crippen LogP contribution < -0.4 is 0 Å². The molecule has 0 unspecified atom stereocenters. The normalized spacial score (nSPS) is 36.3. The largest absolute Gasteiger partial charge is 0.379 e. The number of hydrogen-bond acceptors (Lipinski definition) is 1. The van der Waals surface area contributed by atoms with Crippen molar-refractivity contribution in [2.45, 2.75) is 205 Å². The average Bonchev–Trinajstić information content (AvgIpc) is 3.21. The summed E-state index contributed by atoms with van der Waals surface area (Å²) in [5.41, 5.74) is -4.66. The van der Waals surface area contributed by atoms with E-state index in [0.29, 0.717) is 0 Å². The summed E-state index contributed by atoms with van der Waals surface area (Å²) in [5, 5.41) is 0. The van der Waals surface area contributed by atoms with Gasteiger partial charge in [0.15, 0.2) is 11.3 Å². The highest BCUT2D eigenvalue weighted by atomic mass is 19.2. The summed E-state index contributed by atoms with van der Waals surface area (Å²) in [6, 6.07) is 0. The van der Waals surface area contributed by atoms with E-state index >= 15 is 17.6 Å². The van der Waals surface area contributed by atoms with Gasteiger partial charge in [-0.25, -0.2) is 17.6 Å². The fourth-order valence-electron chi connectivity index (χ4n) is 12.9. The van der Waals surface area contributed by atoms with Crippen molar-refractivity contribution in [2.75, 3.05) is 13.2 Å². The lowest BCUT2D eigenvalue weighted by atomic mass is 9.53. The number of alkyl halides is 2. The predicted molar refractivity (Wildman–Crippen MR) is 222 cm³/mol. The third kappa shape index (κ3) is 9.92. The zero-order valence-electron chi connectivity index (χ0n) is 35.1. The van der Waals surface area contributed by atoms with Gasteiger partial charge in [-0.15, -0.1) is 0 Å². The summed E-state index contributed by atoms with van der Waals surface area (Å²) >= 11 is 0. The molecule has 0 radical (unpaired) electrons. The van der Waals surface area contributed by atoms with Crippen LogP contribution in [0, 0.1) is 46.3 Å². The lowest BCUT2D eigenvalue weighted by Crippen LogP contribution is -2.51. The van der Waals surface area contributed by atoms with Crippen LogP contribution >= 0.6 is 0 Å². The summed E-state index contributed by atoms with van der Waals surface area (Å²) in [7, 11) is 0. The minimum Gasteiger partial charge on any atom is -0.379 e. The van der Waals surface area contributed by atoms with Crippen LogP contribution in [0.15, 0.2) is 48.1 Å². The molecular formula is C50H78F4O. The summed E-state index contributed by atoms with van der Waals surface area (Å²) < 4.78 is 72.4. The highest BCUT2D eigenvalue weighted by Gasteiger charge is 2.57. The van der Waals surface area contributed by atoms with Crippen LogP contribution in [0.1, 0.15) is 194 Å². The van der Waals surface area contributed by atoms with Crippen molar-refractivity contribution in [3.05, 3.63) is 48.1 Å². The molecule has 0 heterocycles.